The minimum absolute atomic E-state index is 0.507. The summed E-state index contributed by atoms with van der Waals surface area (Å²) in [6.45, 7) is 41.5. The SMILES string of the molecule is CC.CC.CC.CC.CC.CC(C)c1cc[nH]c1.CC(C)c1ccncc1.CC(C)c1ccncn1.CC(C)c1cncnc1.CC(C)c1cncs1. The highest BCUT2D eigenvalue weighted by atomic mass is 32.1. The van der Waals surface area contributed by atoms with E-state index in [1.807, 2.05) is 136 Å². The number of H-pyrrole nitrogens is 1. The summed E-state index contributed by atoms with van der Waals surface area (Å²) in [6, 6.07) is 8.13. The first-order valence-corrected chi connectivity index (χ1v) is 20.8. The molecule has 0 aliphatic heterocycles. The highest BCUT2D eigenvalue weighted by Crippen LogP contribution is 2.17. The quantitative estimate of drug-likeness (QED) is 0.192. The van der Waals surface area contributed by atoms with E-state index in [4.69, 9.17) is 0 Å². The van der Waals surface area contributed by atoms with Crippen LogP contribution in [0.4, 0.5) is 0 Å². The largest absolute Gasteiger partial charge is 0.367 e. The third-order valence-electron chi connectivity index (χ3n) is 6.13. The van der Waals surface area contributed by atoms with Crippen LogP contribution in [0.25, 0.3) is 0 Å². The van der Waals surface area contributed by atoms with E-state index in [9.17, 15) is 0 Å². The number of hydrogen-bond donors (Lipinski definition) is 1. The summed E-state index contributed by atoms with van der Waals surface area (Å²) < 4.78 is 0. The number of nitrogens with zero attached hydrogens (tertiary/aromatic N) is 6. The molecule has 0 bridgehead atoms. The third-order valence-corrected chi connectivity index (χ3v) is 7.20. The van der Waals surface area contributed by atoms with Gasteiger partial charge in [-0.3, -0.25) is 9.97 Å². The van der Waals surface area contributed by atoms with E-state index in [2.05, 4.69) is 110 Å². The van der Waals surface area contributed by atoms with Crippen LogP contribution in [0.15, 0.2) is 92.0 Å². The zero-order chi connectivity index (χ0) is 42.0. The molecule has 0 atom stereocenters. The number of aromatic amines is 1. The third kappa shape index (κ3) is 35.0. The van der Waals surface area contributed by atoms with Gasteiger partial charge in [-0.15, -0.1) is 11.3 Å². The van der Waals surface area contributed by atoms with Crippen molar-refractivity contribution < 1.29 is 0 Å². The average molecular weight is 752 g/mol. The molecule has 0 spiro atoms. The van der Waals surface area contributed by atoms with E-state index in [1.54, 1.807) is 30.2 Å². The van der Waals surface area contributed by atoms with E-state index in [0.717, 1.165) is 5.69 Å². The van der Waals surface area contributed by atoms with Gasteiger partial charge in [0.15, 0.2) is 0 Å². The molecule has 53 heavy (non-hydrogen) atoms. The standard InChI is InChI=1S/C8H11N.2C7H10N2.C7H11N.C6H9NS.5C2H6/c1-7(2)8-3-5-9-6-4-8;1-6(2)7-3-8-5-9-4-7;1-6(2)7-3-4-8-5-9-7;1-6(2)7-3-4-8-5-7;1-5(2)6-3-7-4-8-6;5*1-2/h3-7H,1-2H3;2*3-6H,1-2H3;3-6,8H,1-2H3;3-5H,1-2H3;5*1-2H3. The summed E-state index contributed by atoms with van der Waals surface area (Å²) in [5.41, 5.74) is 6.90. The van der Waals surface area contributed by atoms with Gasteiger partial charge >= 0.3 is 0 Å². The van der Waals surface area contributed by atoms with Crippen molar-refractivity contribution >= 4 is 11.3 Å². The van der Waals surface area contributed by atoms with Crippen molar-refractivity contribution in [3.8, 4) is 0 Å². The second-order valence-corrected chi connectivity index (χ2v) is 12.3. The fraction of sp³-hybridized carbons (Fsp3) is 0.556. The molecule has 1 N–H and O–H groups in total. The molecule has 7 nitrogen and oxygen atoms in total. The van der Waals surface area contributed by atoms with E-state index < -0.39 is 0 Å². The second kappa shape index (κ2) is 44.4. The molecule has 0 amide bonds. The fourth-order valence-corrected chi connectivity index (χ4v) is 3.84. The van der Waals surface area contributed by atoms with E-state index in [-0.39, 0.29) is 0 Å². The van der Waals surface area contributed by atoms with Gasteiger partial charge in [0.25, 0.3) is 0 Å². The maximum atomic E-state index is 4.07. The van der Waals surface area contributed by atoms with Gasteiger partial charge in [0, 0.05) is 60.1 Å². The van der Waals surface area contributed by atoms with Crippen molar-refractivity contribution in [3.05, 3.63) is 119 Å². The molecule has 0 aliphatic rings. The predicted molar refractivity (Wildman–Crippen MR) is 238 cm³/mol. The molecule has 0 aliphatic carbocycles. The Labute approximate surface area is 332 Å². The minimum atomic E-state index is 0.507. The van der Waals surface area contributed by atoms with Crippen molar-refractivity contribution in [2.45, 2.75) is 168 Å². The molecule has 0 aromatic carbocycles. The minimum Gasteiger partial charge on any atom is -0.367 e. The van der Waals surface area contributed by atoms with Crippen LogP contribution in [0.2, 0.25) is 0 Å². The van der Waals surface area contributed by atoms with Crippen molar-refractivity contribution in [3.63, 3.8) is 0 Å². The maximum absolute atomic E-state index is 4.07. The Morgan fingerprint density at radius 2 is 0.943 bits per heavy atom. The number of hydrogen-bond acceptors (Lipinski definition) is 7. The topological polar surface area (TPSA) is 93.1 Å². The van der Waals surface area contributed by atoms with Gasteiger partial charge in [-0.25, -0.2) is 19.9 Å². The summed E-state index contributed by atoms with van der Waals surface area (Å²) >= 11 is 1.72. The molecule has 5 aromatic heterocycles. The first kappa shape index (κ1) is 58.5. The molecule has 0 saturated heterocycles. The summed E-state index contributed by atoms with van der Waals surface area (Å²) in [5.74, 6) is 2.95. The molecule has 8 heteroatoms. The zero-order valence-corrected chi connectivity index (χ0v) is 38.5. The fourth-order valence-electron chi connectivity index (χ4n) is 3.21. The van der Waals surface area contributed by atoms with Crippen LogP contribution in [0.1, 0.15) is 195 Å². The molecular formula is C45H81N7S. The summed E-state index contributed by atoms with van der Waals surface area (Å²) in [4.78, 5) is 27.9. The van der Waals surface area contributed by atoms with Crippen LogP contribution < -0.4 is 0 Å². The Morgan fingerprint density at radius 3 is 1.19 bits per heavy atom. The lowest BCUT2D eigenvalue weighted by molar-refractivity contribution is 0.814. The van der Waals surface area contributed by atoms with Gasteiger partial charge in [0.2, 0.25) is 0 Å². The number of rotatable bonds is 5. The lowest BCUT2D eigenvalue weighted by Gasteiger charge is -2.01. The smallest absolute Gasteiger partial charge is 0.115 e. The lowest BCUT2D eigenvalue weighted by Crippen LogP contribution is -1.90. The summed E-state index contributed by atoms with van der Waals surface area (Å²) in [7, 11) is 0. The van der Waals surface area contributed by atoms with Gasteiger partial charge in [-0.2, -0.15) is 0 Å². The van der Waals surface area contributed by atoms with Crippen molar-refractivity contribution in [2.24, 2.45) is 0 Å². The van der Waals surface area contributed by atoms with Crippen LogP contribution in [0.3, 0.4) is 0 Å². The molecule has 0 radical (unpaired) electrons. The summed E-state index contributed by atoms with van der Waals surface area (Å²) in [6.07, 6.45) is 18.2. The molecule has 5 heterocycles. The number of pyridine rings is 1. The Morgan fingerprint density at radius 1 is 0.453 bits per heavy atom. The molecule has 5 rings (SSSR count). The Balaban J connectivity index is -0.000000171. The molecule has 0 saturated carbocycles. The van der Waals surface area contributed by atoms with Crippen LogP contribution in [-0.4, -0.2) is 34.9 Å². The van der Waals surface area contributed by atoms with E-state index in [0.29, 0.717) is 29.6 Å². The summed E-state index contributed by atoms with van der Waals surface area (Å²) in [5, 5.41) is 0. The van der Waals surface area contributed by atoms with E-state index >= 15 is 0 Å². The van der Waals surface area contributed by atoms with Crippen molar-refractivity contribution in [2.75, 3.05) is 0 Å². The number of thiazole rings is 1. The van der Waals surface area contributed by atoms with Gasteiger partial charge in [0.05, 0.1) is 5.51 Å². The monoisotopic (exact) mass is 752 g/mol. The number of nitrogens with one attached hydrogen (secondary N) is 1. The predicted octanol–water partition coefficient (Wildman–Crippen LogP) is 14.9. The zero-order valence-electron chi connectivity index (χ0n) is 37.6. The normalized spacial score (nSPS) is 8.85. The van der Waals surface area contributed by atoms with Gasteiger partial charge in [0.1, 0.15) is 12.7 Å². The molecule has 0 fully saturated rings. The van der Waals surface area contributed by atoms with Crippen LogP contribution in [0.5, 0.6) is 0 Å². The first-order valence-electron chi connectivity index (χ1n) is 19.9. The highest BCUT2D eigenvalue weighted by molar-refractivity contribution is 7.09. The molecule has 0 unspecified atom stereocenters. The van der Waals surface area contributed by atoms with E-state index in [1.165, 1.54) is 21.6 Å². The maximum Gasteiger partial charge on any atom is 0.115 e. The highest BCUT2D eigenvalue weighted by Gasteiger charge is 1.98. The Bertz CT molecular complexity index is 1130. The van der Waals surface area contributed by atoms with Gasteiger partial charge in [-0.1, -0.05) is 138 Å². The van der Waals surface area contributed by atoms with Crippen molar-refractivity contribution in [1.82, 2.24) is 34.9 Å². The van der Waals surface area contributed by atoms with Crippen LogP contribution >= 0.6 is 11.3 Å². The van der Waals surface area contributed by atoms with Crippen LogP contribution in [-0.2, 0) is 0 Å². The number of aromatic nitrogens is 7. The Hall–Kier alpha value is -3.78. The molecular weight excluding hydrogens is 671 g/mol. The molecule has 5 aromatic rings. The van der Waals surface area contributed by atoms with Gasteiger partial charge in [-0.05, 0) is 70.5 Å². The first-order chi connectivity index (χ1) is 25.5. The molecule has 302 valence electrons. The van der Waals surface area contributed by atoms with Crippen molar-refractivity contribution in [1.29, 1.82) is 0 Å². The van der Waals surface area contributed by atoms with Crippen LogP contribution in [0, 0.1) is 0 Å². The lowest BCUT2D eigenvalue weighted by atomic mass is 10.1. The average Bonchev–Trinajstić information content (AvgIpc) is 3.98. The second-order valence-electron chi connectivity index (χ2n) is 11.4. The Kier molecular flexibility index (Phi) is 49.0. The van der Waals surface area contributed by atoms with Gasteiger partial charge < -0.3 is 4.98 Å².